The number of rotatable bonds is 4. The average Bonchev–Trinajstić information content (AvgIpc) is 2.26. The lowest BCUT2D eigenvalue weighted by molar-refractivity contribution is 0.119. The highest BCUT2D eigenvalue weighted by molar-refractivity contribution is 7.92. The van der Waals surface area contributed by atoms with Crippen molar-refractivity contribution in [1.82, 2.24) is 0 Å². The third-order valence-electron chi connectivity index (χ3n) is 2.72. The van der Waals surface area contributed by atoms with Gasteiger partial charge in [0, 0.05) is 6.42 Å². The Hall–Kier alpha value is -1.56. The van der Waals surface area contributed by atoms with Crippen LogP contribution in [0.4, 0.5) is 4.79 Å². The van der Waals surface area contributed by atoms with E-state index in [9.17, 15) is 13.2 Å². The Morgan fingerprint density at radius 1 is 1.25 bits per heavy atom. The number of ether oxygens (including phenoxy) is 1. The largest absolute Gasteiger partial charge is 0.430 e. The van der Waals surface area contributed by atoms with Gasteiger partial charge in [0.2, 0.25) is 15.3 Å². The second kappa shape index (κ2) is 5.83. The Kier molecular flexibility index (Phi) is 4.81. The molecule has 0 fully saturated rings. The van der Waals surface area contributed by atoms with E-state index in [1.54, 1.807) is 12.1 Å². The van der Waals surface area contributed by atoms with E-state index in [2.05, 4.69) is 0 Å². The van der Waals surface area contributed by atoms with Gasteiger partial charge in [-0.05, 0) is 24.5 Å². The summed E-state index contributed by atoms with van der Waals surface area (Å²) < 4.78 is 29.9. The molecule has 0 saturated carbocycles. The van der Waals surface area contributed by atoms with E-state index >= 15 is 0 Å². The normalized spacial score (nSPS) is 13.8. The van der Waals surface area contributed by atoms with Crippen molar-refractivity contribution in [3.8, 4) is 0 Å². The fourth-order valence-corrected chi connectivity index (χ4v) is 3.48. The van der Waals surface area contributed by atoms with Crippen molar-refractivity contribution in [2.75, 3.05) is 0 Å². The van der Waals surface area contributed by atoms with Gasteiger partial charge in [0.1, 0.15) is 0 Å². The summed E-state index contributed by atoms with van der Waals surface area (Å²) in [4.78, 5) is 11.1. The Morgan fingerprint density at radius 3 is 2.15 bits per heavy atom. The van der Waals surface area contributed by atoms with Gasteiger partial charge in [0.15, 0.2) is 0 Å². The van der Waals surface area contributed by atoms with Gasteiger partial charge < -0.3 is 10.5 Å². The zero-order valence-electron chi connectivity index (χ0n) is 12.2. The van der Waals surface area contributed by atoms with Crippen molar-refractivity contribution in [3.05, 3.63) is 29.8 Å². The summed E-state index contributed by atoms with van der Waals surface area (Å²) in [5.41, 5.74) is 4.34. The van der Waals surface area contributed by atoms with Crippen LogP contribution in [0.5, 0.6) is 0 Å². The van der Waals surface area contributed by atoms with E-state index in [4.69, 9.17) is 10.5 Å². The molecule has 1 atom stereocenters. The number of aryl methyl sites for hydroxylation is 1. The van der Waals surface area contributed by atoms with E-state index in [0.29, 0.717) is 0 Å². The number of carbonyl (C=O) groups excluding carboxylic acids is 1. The summed E-state index contributed by atoms with van der Waals surface area (Å²) in [6.45, 7) is 7.47. The molecule has 0 aliphatic heterocycles. The van der Waals surface area contributed by atoms with Crippen LogP contribution in [-0.2, 0) is 14.6 Å². The first-order valence-corrected chi connectivity index (χ1v) is 7.84. The number of carbonyl (C=O) groups is 1. The van der Waals surface area contributed by atoms with Crippen LogP contribution in [0, 0.1) is 12.3 Å². The molecule has 1 unspecified atom stereocenters. The van der Waals surface area contributed by atoms with Crippen LogP contribution in [-0.4, -0.2) is 19.9 Å². The Labute approximate surface area is 120 Å². The van der Waals surface area contributed by atoms with Crippen LogP contribution in [0.3, 0.4) is 0 Å². The number of hydrogen-bond acceptors (Lipinski definition) is 4. The first kappa shape index (κ1) is 16.5. The van der Waals surface area contributed by atoms with Crippen molar-refractivity contribution in [2.24, 2.45) is 11.1 Å². The van der Waals surface area contributed by atoms with Crippen molar-refractivity contribution < 1.29 is 17.9 Å². The molecular formula is C14H21NO4S. The summed E-state index contributed by atoms with van der Waals surface area (Å²) in [5.74, 6) is 0. The fraction of sp³-hybridized carbons (Fsp3) is 0.500. The van der Waals surface area contributed by atoms with Gasteiger partial charge in [-0.15, -0.1) is 0 Å². The number of nitrogens with two attached hydrogens (primary N) is 1. The predicted octanol–water partition coefficient (Wildman–Crippen LogP) is 2.63. The van der Waals surface area contributed by atoms with Crippen molar-refractivity contribution in [1.29, 1.82) is 0 Å². The molecule has 0 radical (unpaired) electrons. The van der Waals surface area contributed by atoms with Crippen molar-refractivity contribution in [2.45, 2.75) is 44.4 Å². The van der Waals surface area contributed by atoms with E-state index in [1.807, 2.05) is 27.7 Å². The van der Waals surface area contributed by atoms with Crippen LogP contribution >= 0.6 is 0 Å². The molecule has 1 amide bonds. The third kappa shape index (κ3) is 4.52. The average molecular weight is 299 g/mol. The lowest BCUT2D eigenvalue weighted by Gasteiger charge is -2.25. The first-order valence-electron chi connectivity index (χ1n) is 6.29. The number of hydrogen-bond donors (Lipinski definition) is 1. The van der Waals surface area contributed by atoms with Gasteiger partial charge in [-0.3, -0.25) is 0 Å². The molecule has 0 aromatic heterocycles. The van der Waals surface area contributed by atoms with Crippen LogP contribution in [0.2, 0.25) is 0 Å². The maximum Gasteiger partial charge on any atom is 0.405 e. The van der Waals surface area contributed by atoms with Gasteiger partial charge in [-0.25, -0.2) is 13.2 Å². The van der Waals surface area contributed by atoms with Gasteiger partial charge >= 0.3 is 6.09 Å². The molecule has 0 saturated heterocycles. The Morgan fingerprint density at radius 2 is 1.75 bits per heavy atom. The molecule has 0 aliphatic rings. The van der Waals surface area contributed by atoms with E-state index < -0.39 is 21.4 Å². The highest BCUT2D eigenvalue weighted by Gasteiger charge is 2.34. The van der Waals surface area contributed by atoms with E-state index in [1.165, 1.54) is 12.1 Å². The second-order valence-electron chi connectivity index (χ2n) is 5.99. The molecule has 1 rings (SSSR count). The standard InChI is InChI=1S/C14H21NO4S/c1-10-5-7-11(8-6-10)20(17,18)12(19-13(15)16)9-14(2,3)4/h5-8,12H,9H2,1-4H3,(H2,15,16). The first-order chi connectivity index (χ1) is 9.02. The minimum Gasteiger partial charge on any atom is -0.430 e. The molecule has 2 N–H and O–H groups in total. The summed E-state index contributed by atoms with van der Waals surface area (Å²) in [5, 5.41) is 0. The third-order valence-corrected chi connectivity index (χ3v) is 4.61. The minimum atomic E-state index is -3.77. The number of amides is 1. The van der Waals surface area contributed by atoms with Gasteiger partial charge in [0.25, 0.3) is 0 Å². The van der Waals surface area contributed by atoms with Crippen LogP contribution in [0.1, 0.15) is 32.8 Å². The van der Waals surface area contributed by atoms with Crippen LogP contribution in [0.25, 0.3) is 0 Å². The maximum atomic E-state index is 12.5. The summed E-state index contributed by atoms with van der Waals surface area (Å²) in [6, 6.07) is 6.41. The monoisotopic (exact) mass is 299 g/mol. The molecule has 0 heterocycles. The molecule has 20 heavy (non-hydrogen) atoms. The summed E-state index contributed by atoms with van der Waals surface area (Å²) in [6.07, 6.45) is -0.915. The van der Waals surface area contributed by atoms with E-state index in [0.717, 1.165) is 5.56 Å². The molecular weight excluding hydrogens is 278 g/mol. The van der Waals surface area contributed by atoms with E-state index in [-0.39, 0.29) is 16.7 Å². The number of sulfone groups is 1. The summed E-state index contributed by atoms with van der Waals surface area (Å²) >= 11 is 0. The molecule has 112 valence electrons. The SMILES string of the molecule is Cc1ccc(S(=O)(=O)C(CC(C)(C)C)OC(N)=O)cc1. The maximum absolute atomic E-state index is 12.5. The Bertz CT molecular complexity index is 570. The van der Waals surface area contributed by atoms with Crippen molar-refractivity contribution >= 4 is 15.9 Å². The number of benzene rings is 1. The fourth-order valence-electron chi connectivity index (χ4n) is 1.72. The molecule has 0 aliphatic carbocycles. The lowest BCUT2D eigenvalue weighted by atomic mass is 9.93. The smallest absolute Gasteiger partial charge is 0.405 e. The highest BCUT2D eigenvalue weighted by Crippen LogP contribution is 2.28. The van der Waals surface area contributed by atoms with Crippen LogP contribution in [0.15, 0.2) is 29.2 Å². The minimum absolute atomic E-state index is 0.124. The van der Waals surface area contributed by atoms with Gasteiger partial charge in [-0.1, -0.05) is 38.5 Å². The molecule has 0 bridgehead atoms. The highest BCUT2D eigenvalue weighted by atomic mass is 32.2. The zero-order chi connectivity index (χ0) is 15.6. The lowest BCUT2D eigenvalue weighted by Crippen LogP contribution is -2.33. The van der Waals surface area contributed by atoms with Gasteiger partial charge in [-0.2, -0.15) is 0 Å². The molecule has 0 spiro atoms. The predicted molar refractivity (Wildman–Crippen MR) is 76.9 cm³/mol. The molecule has 1 aromatic carbocycles. The van der Waals surface area contributed by atoms with Gasteiger partial charge in [0.05, 0.1) is 4.90 Å². The quantitative estimate of drug-likeness (QED) is 0.926. The topological polar surface area (TPSA) is 86.5 Å². The zero-order valence-corrected chi connectivity index (χ0v) is 13.0. The Balaban J connectivity index is 3.16. The second-order valence-corrected chi connectivity index (χ2v) is 8.08. The summed E-state index contributed by atoms with van der Waals surface area (Å²) in [7, 11) is -3.77. The number of primary amides is 1. The molecule has 1 aromatic rings. The van der Waals surface area contributed by atoms with Crippen LogP contribution < -0.4 is 5.73 Å². The molecule has 6 heteroatoms. The molecule has 5 nitrogen and oxygen atoms in total. The van der Waals surface area contributed by atoms with Crippen molar-refractivity contribution in [3.63, 3.8) is 0 Å².